The number of hydrogen-bond donors (Lipinski definition) is 0. The van der Waals surface area contributed by atoms with Gasteiger partial charge in [0.1, 0.15) is 4.88 Å². The fraction of sp³-hybridized carbons (Fsp3) is 0.250. The summed E-state index contributed by atoms with van der Waals surface area (Å²) in [5.74, 6) is -0.283. The lowest BCUT2D eigenvalue weighted by Crippen LogP contribution is -1.96. The van der Waals surface area contributed by atoms with Crippen molar-refractivity contribution < 1.29 is 14.3 Å². The van der Waals surface area contributed by atoms with Gasteiger partial charge in [-0.15, -0.1) is 11.3 Å². The summed E-state index contributed by atoms with van der Waals surface area (Å²) >= 11 is 1.44. The zero-order valence-electron chi connectivity index (χ0n) is 9.15. The van der Waals surface area contributed by atoms with Crippen molar-refractivity contribution in [2.24, 2.45) is 0 Å². The van der Waals surface area contributed by atoms with Crippen LogP contribution in [0.2, 0.25) is 0 Å². The normalized spacial score (nSPS) is 10.6. The van der Waals surface area contributed by atoms with Crippen molar-refractivity contribution >= 4 is 27.4 Å². The second-order valence-corrected chi connectivity index (χ2v) is 4.49. The van der Waals surface area contributed by atoms with Crippen LogP contribution in [0.3, 0.4) is 0 Å². The number of methoxy groups -OCH3 is 2. The van der Waals surface area contributed by atoms with E-state index in [2.05, 4.69) is 0 Å². The van der Waals surface area contributed by atoms with Gasteiger partial charge in [0.25, 0.3) is 0 Å². The molecule has 2 aromatic rings. The number of thiophene rings is 1. The summed E-state index contributed by atoms with van der Waals surface area (Å²) in [6.07, 6.45) is 0. The van der Waals surface area contributed by atoms with E-state index in [-0.39, 0.29) is 5.97 Å². The van der Waals surface area contributed by atoms with Gasteiger partial charge in [-0.2, -0.15) is 0 Å². The SMILES string of the molecule is COCc1ccc2cc(C(=O)OC)sc2c1. The third-order valence-electron chi connectivity index (χ3n) is 2.28. The Kier molecular flexibility index (Phi) is 3.22. The van der Waals surface area contributed by atoms with Gasteiger partial charge in [0.15, 0.2) is 0 Å². The smallest absolute Gasteiger partial charge is 0.348 e. The Morgan fingerprint density at radius 3 is 2.81 bits per heavy atom. The minimum Gasteiger partial charge on any atom is -0.465 e. The number of fused-ring (bicyclic) bond motifs is 1. The number of ether oxygens (including phenoxy) is 2. The first-order valence-electron chi connectivity index (χ1n) is 4.84. The maximum absolute atomic E-state index is 11.4. The molecule has 1 aromatic carbocycles. The molecule has 1 heterocycles. The Morgan fingerprint density at radius 2 is 2.12 bits per heavy atom. The van der Waals surface area contributed by atoms with Crippen molar-refractivity contribution in [2.75, 3.05) is 14.2 Å². The topological polar surface area (TPSA) is 35.5 Å². The Bertz CT molecular complexity index is 516. The first-order chi connectivity index (χ1) is 7.74. The van der Waals surface area contributed by atoms with Crippen molar-refractivity contribution in [1.82, 2.24) is 0 Å². The molecule has 3 nitrogen and oxygen atoms in total. The van der Waals surface area contributed by atoms with Crippen molar-refractivity contribution in [2.45, 2.75) is 6.61 Å². The number of carbonyl (C=O) groups excluding carboxylic acids is 1. The van der Waals surface area contributed by atoms with Crippen LogP contribution in [0.5, 0.6) is 0 Å². The van der Waals surface area contributed by atoms with Gasteiger partial charge in [0.05, 0.1) is 13.7 Å². The van der Waals surface area contributed by atoms with Crippen LogP contribution >= 0.6 is 11.3 Å². The Labute approximate surface area is 97.6 Å². The molecule has 0 atom stereocenters. The Morgan fingerprint density at radius 1 is 1.31 bits per heavy atom. The predicted octanol–water partition coefficient (Wildman–Crippen LogP) is 2.83. The molecule has 2 rings (SSSR count). The van der Waals surface area contributed by atoms with Gasteiger partial charge in [-0.3, -0.25) is 0 Å². The van der Waals surface area contributed by atoms with E-state index in [9.17, 15) is 4.79 Å². The highest BCUT2D eigenvalue weighted by Gasteiger charge is 2.10. The Hall–Kier alpha value is -1.39. The molecule has 0 fully saturated rings. The first kappa shape index (κ1) is 11.1. The molecule has 4 heteroatoms. The van der Waals surface area contributed by atoms with Crippen LogP contribution in [0.15, 0.2) is 24.3 Å². The molecule has 0 N–H and O–H groups in total. The molecule has 0 aliphatic carbocycles. The van der Waals surface area contributed by atoms with Crippen LogP contribution in [-0.2, 0) is 16.1 Å². The molecule has 0 amide bonds. The third kappa shape index (κ3) is 2.08. The summed E-state index contributed by atoms with van der Waals surface area (Å²) < 4.78 is 10.8. The molecule has 0 bridgehead atoms. The average Bonchev–Trinajstić information content (AvgIpc) is 2.71. The number of esters is 1. The molecule has 0 saturated heterocycles. The van der Waals surface area contributed by atoms with Crippen molar-refractivity contribution in [3.05, 3.63) is 34.7 Å². The summed E-state index contributed by atoms with van der Waals surface area (Å²) in [4.78, 5) is 12.0. The van der Waals surface area contributed by atoms with Gasteiger partial charge >= 0.3 is 5.97 Å². The molecule has 0 saturated carbocycles. The minimum absolute atomic E-state index is 0.283. The second kappa shape index (κ2) is 4.63. The molecule has 16 heavy (non-hydrogen) atoms. The quantitative estimate of drug-likeness (QED) is 0.769. The van der Waals surface area contributed by atoms with Crippen LogP contribution in [0.25, 0.3) is 10.1 Å². The van der Waals surface area contributed by atoms with Crippen molar-refractivity contribution in [1.29, 1.82) is 0 Å². The molecule has 0 aliphatic rings. The lowest BCUT2D eigenvalue weighted by molar-refractivity contribution is 0.0606. The maximum atomic E-state index is 11.4. The number of benzene rings is 1. The van der Waals surface area contributed by atoms with Crippen molar-refractivity contribution in [3.8, 4) is 0 Å². The van der Waals surface area contributed by atoms with Crippen LogP contribution in [0.1, 0.15) is 15.2 Å². The fourth-order valence-electron chi connectivity index (χ4n) is 1.53. The van der Waals surface area contributed by atoms with E-state index in [1.54, 1.807) is 7.11 Å². The molecular weight excluding hydrogens is 224 g/mol. The molecular formula is C12H12O3S. The molecule has 84 valence electrons. The van der Waals surface area contributed by atoms with Gasteiger partial charge in [-0.1, -0.05) is 12.1 Å². The number of carbonyl (C=O) groups is 1. The number of rotatable bonds is 3. The fourth-order valence-corrected chi connectivity index (χ4v) is 2.58. The van der Waals surface area contributed by atoms with E-state index in [1.165, 1.54) is 18.4 Å². The number of hydrogen-bond acceptors (Lipinski definition) is 4. The van der Waals surface area contributed by atoms with E-state index < -0.39 is 0 Å². The third-order valence-corrected chi connectivity index (χ3v) is 3.36. The zero-order valence-corrected chi connectivity index (χ0v) is 9.97. The first-order valence-corrected chi connectivity index (χ1v) is 5.66. The van der Waals surface area contributed by atoms with Crippen LogP contribution in [0, 0.1) is 0 Å². The summed E-state index contributed by atoms with van der Waals surface area (Å²) in [7, 11) is 3.06. The zero-order chi connectivity index (χ0) is 11.5. The monoisotopic (exact) mass is 236 g/mol. The lowest BCUT2D eigenvalue weighted by atomic mass is 10.2. The van der Waals surface area contributed by atoms with E-state index >= 15 is 0 Å². The van der Waals surface area contributed by atoms with Gasteiger partial charge in [0, 0.05) is 11.8 Å². The van der Waals surface area contributed by atoms with E-state index in [0.29, 0.717) is 11.5 Å². The summed E-state index contributed by atoms with van der Waals surface area (Å²) in [5, 5.41) is 1.06. The standard InChI is InChI=1S/C12H12O3S/c1-14-7-8-3-4-9-6-11(12(13)15-2)16-10(9)5-8/h3-6H,7H2,1-2H3. The van der Waals surface area contributed by atoms with Gasteiger partial charge in [0.2, 0.25) is 0 Å². The molecule has 0 radical (unpaired) electrons. The highest BCUT2D eigenvalue weighted by Crippen LogP contribution is 2.27. The molecule has 1 aromatic heterocycles. The average molecular weight is 236 g/mol. The van der Waals surface area contributed by atoms with Gasteiger partial charge in [-0.05, 0) is 23.1 Å². The summed E-state index contributed by atoms with van der Waals surface area (Å²) in [6, 6.07) is 7.88. The lowest BCUT2D eigenvalue weighted by Gasteiger charge is -1.98. The van der Waals surface area contributed by atoms with E-state index in [4.69, 9.17) is 9.47 Å². The van der Waals surface area contributed by atoms with Crippen LogP contribution in [-0.4, -0.2) is 20.2 Å². The van der Waals surface area contributed by atoms with Gasteiger partial charge in [-0.25, -0.2) is 4.79 Å². The van der Waals surface area contributed by atoms with Crippen LogP contribution in [0.4, 0.5) is 0 Å². The molecule has 0 spiro atoms. The minimum atomic E-state index is -0.283. The summed E-state index contributed by atoms with van der Waals surface area (Å²) in [5.41, 5.74) is 1.10. The van der Waals surface area contributed by atoms with Crippen LogP contribution < -0.4 is 0 Å². The Balaban J connectivity index is 2.41. The predicted molar refractivity (Wildman–Crippen MR) is 63.9 cm³/mol. The van der Waals surface area contributed by atoms with E-state index in [0.717, 1.165) is 15.6 Å². The highest BCUT2D eigenvalue weighted by atomic mass is 32.1. The van der Waals surface area contributed by atoms with E-state index in [1.807, 2.05) is 24.3 Å². The second-order valence-electron chi connectivity index (χ2n) is 3.41. The largest absolute Gasteiger partial charge is 0.465 e. The van der Waals surface area contributed by atoms with Crippen molar-refractivity contribution in [3.63, 3.8) is 0 Å². The highest BCUT2D eigenvalue weighted by molar-refractivity contribution is 7.20. The molecule has 0 unspecified atom stereocenters. The van der Waals surface area contributed by atoms with Gasteiger partial charge < -0.3 is 9.47 Å². The summed E-state index contributed by atoms with van der Waals surface area (Å²) in [6.45, 7) is 0.585. The maximum Gasteiger partial charge on any atom is 0.348 e. The molecule has 0 aliphatic heterocycles.